The van der Waals surface area contributed by atoms with Crippen molar-refractivity contribution in [2.75, 3.05) is 18.5 Å². The average Bonchev–Trinajstić information content (AvgIpc) is 2.56. The molecule has 2 aromatic rings. The molecule has 0 fully saturated rings. The Morgan fingerprint density at radius 3 is 2.23 bits per heavy atom. The fourth-order valence-corrected chi connectivity index (χ4v) is 2.58. The van der Waals surface area contributed by atoms with Crippen LogP contribution < -0.4 is 10.1 Å². The smallest absolute Gasteiger partial charge is 0.417 e. The Balaban J connectivity index is 2.22. The number of nitrogens with one attached hydrogen (secondary N) is 1. The summed E-state index contributed by atoms with van der Waals surface area (Å²) in [5.41, 5.74) is -0.583. The zero-order valence-electron chi connectivity index (χ0n) is 12.8. The Kier molecular flexibility index (Phi) is 6.81. The number of halogens is 6. The summed E-state index contributed by atoms with van der Waals surface area (Å²) in [6.07, 6.45) is -4.98. The number of alkyl halides is 3. The van der Waals surface area contributed by atoms with Crippen molar-refractivity contribution in [3.05, 3.63) is 45.0 Å². The molecule has 26 heavy (non-hydrogen) atoms. The zero-order valence-corrected chi connectivity index (χ0v) is 15.1. The minimum absolute atomic E-state index is 0.0382. The van der Waals surface area contributed by atoms with Crippen LogP contribution in [-0.2, 0) is 6.18 Å². The lowest BCUT2D eigenvalue weighted by Crippen LogP contribution is -2.22. The van der Waals surface area contributed by atoms with Gasteiger partial charge in [0.2, 0.25) is 5.88 Å². The van der Waals surface area contributed by atoms with Gasteiger partial charge in [-0.15, -0.1) is 0 Å². The number of anilines is 1. The molecule has 11 heteroatoms. The number of aromatic nitrogens is 1. The number of benzene rings is 1. The van der Waals surface area contributed by atoms with Crippen LogP contribution in [0, 0.1) is 0 Å². The lowest BCUT2D eigenvalue weighted by molar-refractivity contribution is -0.137. The van der Waals surface area contributed by atoms with E-state index >= 15 is 0 Å². The van der Waals surface area contributed by atoms with E-state index in [4.69, 9.17) is 44.6 Å². The predicted octanol–water partition coefficient (Wildman–Crippen LogP) is 4.62. The van der Waals surface area contributed by atoms with Crippen molar-refractivity contribution in [1.29, 1.82) is 0 Å². The summed E-state index contributed by atoms with van der Waals surface area (Å²) in [6.45, 7) is -0.372. The molecule has 0 saturated heterocycles. The Morgan fingerprint density at radius 2 is 1.73 bits per heavy atom. The lowest BCUT2D eigenvalue weighted by Gasteiger charge is -2.15. The molecule has 0 aliphatic heterocycles. The first-order valence-electron chi connectivity index (χ1n) is 7.04. The van der Waals surface area contributed by atoms with Crippen LogP contribution in [0.25, 0.3) is 0 Å². The summed E-state index contributed by atoms with van der Waals surface area (Å²) in [7, 11) is 0. The van der Waals surface area contributed by atoms with Gasteiger partial charge in [-0.05, 0) is 18.2 Å². The standard InChI is InChI=1S/C15H12Cl3F3N2O3/c16-10-2-8(22-5-9(25)6-24)3-11(17)13(10)26-14-12(18)1-7(4-23-14)15(19,20)21/h1-4,9,22,24-25H,5-6H2. The second kappa shape index (κ2) is 8.49. The Morgan fingerprint density at radius 1 is 1.12 bits per heavy atom. The van der Waals surface area contributed by atoms with E-state index in [1.807, 2.05) is 0 Å². The highest BCUT2D eigenvalue weighted by atomic mass is 35.5. The summed E-state index contributed by atoms with van der Waals surface area (Å²) >= 11 is 17.9. The summed E-state index contributed by atoms with van der Waals surface area (Å²) in [5.74, 6) is -0.337. The summed E-state index contributed by atoms with van der Waals surface area (Å²) < 4.78 is 43.2. The van der Waals surface area contributed by atoms with Crippen LogP contribution >= 0.6 is 34.8 Å². The van der Waals surface area contributed by atoms with E-state index in [0.29, 0.717) is 18.0 Å². The van der Waals surface area contributed by atoms with Crippen molar-refractivity contribution >= 4 is 40.5 Å². The van der Waals surface area contributed by atoms with E-state index in [0.717, 1.165) is 0 Å². The molecule has 2 rings (SSSR count). The van der Waals surface area contributed by atoms with Gasteiger partial charge in [0.1, 0.15) is 5.02 Å². The van der Waals surface area contributed by atoms with Crippen molar-refractivity contribution < 1.29 is 28.1 Å². The molecular formula is C15H12Cl3F3N2O3. The molecule has 142 valence electrons. The van der Waals surface area contributed by atoms with E-state index in [9.17, 15) is 18.3 Å². The quantitative estimate of drug-likeness (QED) is 0.622. The monoisotopic (exact) mass is 430 g/mol. The SMILES string of the molecule is OCC(O)CNc1cc(Cl)c(Oc2ncc(C(F)(F)F)cc2Cl)c(Cl)c1. The van der Waals surface area contributed by atoms with Crippen molar-refractivity contribution in [3.63, 3.8) is 0 Å². The van der Waals surface area contributed by atoms with Crippen LogP contribution in [-0.4, -0.2) is 34.5 Å². The van der Waals surface area contributed by atoms with E-state index in [1.165, 1.54) is 12.1 Å². The molecule has 1 aromatic carbocycles. The van der Waals surface area contributed by atoms with Crippen molar-refractivity contribution in [2.24, 2.45) is 0 Å². The zero-order chi connectivity index (χ0) is 19.5. The van der Waals surface area contributed by atoms with Crippen LogP contribution in [0.3, 0.4) is 0 Å². The normalized spacial score (nSPS) is 12.8. The van der Waals surface area contributed by atoms with Gasteiger partial charge in [-0.25, -0.2) is 4.98 Å². The second-order valence-corrected chi connectivity index (χ2v) is 6.32. The molecule has 0 radical (unpaired) electrons. The number of rotatable bonds is 6. The molecule has 0 aliphatic rings. The summed E-state index contributed by atoms with van der Waals surface area (Å²) in [5, 5.41) is 20.6. The Bertz CT molecular complexity index is 767. The minimum Gasteiger partial charge on any atom is -0.434 e. The van der Waals surface area contributed by atoms with E-state index in [1.54, 1.807) is 0 Å². The number of ether oxygens (including phenoxy) is 1. The second-order valence-electron chi connectivity index (χ2n) is 5.10. The Labute approximate surface area is 161 Å². The van der Waals surface area contributed by atoms with Gasteiger partial charge in [0.05, 0.1) is 28.3 Å². The molecule has 0 aliphatic carbocycles. The van der Waals surface area contributed by atoms with E-state index in [2.05, 4.69) is 10.3 Å². The van der Waals surface area contributed by atoms with Crippen molar-refractivity contribution in [2.45, 2.75) is 12.3 Å². The number of hydrogen-bond acceptors (Lipinski definition) is 5. The third kappa shape index (κ3) is 5.28. The first kappa shape index (κ1) is 20.9. The van der Waals surface area contributed by atoms with Crippen molar-refractivity contribution in [1.82, 2.24) is 4.98 Å². The molecule has 3 N–H and O–H groups in total. The highest BCUT2D eigenvalue weighted by molar-refractivity contribution is 6.37. The molecule has 5 nitrogen and oxygen atoms in total. The molecule has 0 spiro atoms. The number of aliphatic hydroxyl groups excluding tert-OH is 2. The maximum Gasteiger partial charge on any atom is 0.417 e. The van der Waals surface area contributed by atoms with Gasteiger partial charge in [-0.2, -0.15) is 13.2 Å². The molecule has 1 unspecified atom stereocenters. The fraction of sp³-hybridized carbons (Fsp3) is 0.267. The molecule has 1 heterocycles. The first-order valence-corrected chi connectivity index (χ1v) is 8.17. The summed E-state index contributed by atoms with van der Waals surface area (Å²) in [4.78, 5) is 3.55. The number of pyridine rings is 1. The van der Waals surface area contributed by atoms with Crippen LogP contribution in [0.1, 0.15) is 5.56 Å². The Hall–Kier alpha value is -1.45. The highest BCUT2D eigenvalue weighted by Gasteiger charge is 2.32. The number of aliphatic hydroxyl groups is 2. The average molecular weight is 432 g/mol. The summed E-state index contributed by atoms with van der Waals surface area (Å²) in [6, 6.07) is 3.52. The first-order chi connectivity index (χ1) is 12.1. The predicted molar refractivity (Wildman–Crippen MR) is 92.4 cm³/mol. The van der Waals surface area contributed by atoms with Gasteiger partial charge in [-0.3, -0.25) is 0 Å². The molecule has 1 aromatic heterocycles. The van der Waals surface area contributed by atoms with Gasteiger partial charge in [-0.1, -0.05) is 34.8 Å². The highest BCUT2D eigenvalue weighted by Crippen LogP contribution is 2.41. The minimum atomic E-state index is -4.59. The van der Waals surface area contributed by atoms with Crippen LogP contribution in [0.4, 0.5) is 18.9 Å². The van der Waals surface area contributed by atoms with E-state index in [-0.39, 0.29) is 33.2 Å². The van der Waals surface area contributed by atoms with E-state index < -0.39 is 24.5 Å². The van der Waals surface area contributed by atoms with Gasteiger partial charge in [0, 0.05) is 18.4 Å². The fourth-order valence-electron chi connectivity index (χ4n) is 1.81. The largest absolute Gasteiger partial charge is 0.434 e. The van der Waals surface area contributed by atoms with Crippen LogP contribution in [0.2, 0.25) is 15.1 Å². The van der Waals surface area contributed by atoms with Crippen LogP contribution in [0.15, 0.2) is 24.4 Å². The van der Waals surface area contributed by atoms with Crippen molar-refractivity contribution in [3.8, 4) is 11.6 Å². The molecular weight excluding hydrogens is 420 g/mol. The number of nitrogens with zero attached hydrogens (tertiary/aromatic N) is 1. The molecule has 1 atom stereocenters. The maximum absolute atomic E-state index is 12.6. The van der Waals surface area contributed by atoms with Gasteiger partial charge >= 0.3 is 6.18 Å². The maximum atomic E-state index is 12.6. The topological polar surface area (TPSA) is 74.6 Å². The third-order valence-electron chi connectivity index (χ3n) is 3.08. The van der Waals surface area contributed by atoms with Gasteiger partial charge in [0.25, 0.3) is 0 Å². The molecule has 0 bridgehead atoms. The van der Waals surface area contributed by atoms with Gasteiger partial charge < -0.3 is 20.3 Å². The van der Waals surface area contributed by atoms with Gasteiger partial charge in [0.15, 0.2) is 5.75 Å². The third-order valence-corrected chi connectivity index (χ3v) is 3.92. The molecule has 0 amide bonds. The molecule has 0 saturated carbocycles. The number of hydrogen-bond donors (Lipinski definition) is 3. The van der Waals surface area contributed by atoms with Crippen LogP contribution in [0.5, 0.6) is 11.6 Å². The lowest BCUT2D eigenvalue weighted by atomic mass is 10.2.